The third-order valence-corrected chi connectivity index (χ3v) is 5.84. The van der Waals surface area contributed by atoms with Crippen molar-refractivity contribution >= 4 is 17.6 Å². The fourth-order valence-electron chi connectivity index (χ4n) is 3.93. The second kappa shape index (κ2) is 12.9. The van der Waals surface area contributed by atoms with Crippen LogP contribution in [0.2, 0.25) is 0 Å². The van der Waals surface area contributed by atoms with Crippen LogP contribution in [0.3, 0.4) is 0 Å². The van der Waals surface area contributed by atoms with E-state index in [4.69, 9.17) is 4.74 Å². The van der Waals surface area contributed by atoms with Gasteiger partial charge in [-0.1, -0.05) is 121 Å². The lowest BCUT2D eigenvalue weighted by Gasteiger charge is -2.15. The molecule has 0 N–H and O–H groups in total. The van der Waals surface area contributed by atoms with Crippen LogP contribution in [0.25, 0.3) is 11.6 Å². The number of hydrogen-bond donors (Lipinski definition) is 0. The van der Waals surface area contributed by atoms with Gasteiger partial charge in [-0.05, 0) is 53.3 Å². The number of carbonyl (C=O) groups is 1. The molecule has 0 aliphatic carbocycles. The van der Waals surface area contributed by atoms with Crippen molar-refractivity contribution in [2.75, 3.05) is 0 Å². The van der Waals surface area contributed by atoms with E-state index in [1.54, 1.807) is 12.1 Å². The molecule has 4 aromatic carbocycles. The van der Waals surface area contributed by atoms with Gasteiger partial charge < -0.3 is 4.74 Å². The molecule has 0 amide bonds. The van der Waals surface area contributed by atoms with Crippen LogP contribution in [-0.4, -0.2) is 12.1 Å². The SMILES string of the molecule is O=C(O[C@@H](/C=C/c1ccccc1)C/C=C(/CCc1ccccc1)c1ccccc1)c1ccccc1. The lowest BCUT2D eigenvalue weighted by molar-refractivity contribution is 0.0401. The van der Waals surface area contributed by atoms with E-state index in [0.29, 0.717) is 12.0 Å². The average Bonchev–Trinajstić information content (AvgIpc) is 2.93. The van der Waals surface area contributed by atoms with Crippen molar-refractivity contribution in [1.29, 1.82) is 0 Å². The number of esters is 1. The van der Waals surface area contributed by atoms with E-state index in [-0.39, 0.29) is 12.1 Å². The molecule has 2 heteroatoms. The van der Waals surface area contributed by atoms with E-state index in [9.17, 15) is 4.79 Å². The quantitative estimate of drug-likeness (QED) is 0.225. The Morgan fingerprint density at radius 1 is 0.686 bits per heavy atom. The molecular formula is C33H30O2. The van der Waals surface area contributed by atoms with Crippen molar-refractivity contribution in [3.8, 4) is 0 Å². The fourth-order valence-corrected chi connectivity index (χ4v) is 3.93. The molecule has 0 aliphatic heterocycles. The second-order valence-corrected chi connectivity index (χ2v) is 8.40. The predicted molar refractivity (Wildman–Crippen MR) is 145 cm³/mol. The van der Waals surface area contributed by atoms with Crippen molar-refractivity contribution in [2.24, 2.45) is 0 Å². The molecular weight excluding hydrogens is 428 g/mol. The maximum Gasteiger partial charge on any atom is 0.338 e. The molecule has 0 fully saturated rings. The lowest BCUT2D eigenvalue weighted by atomic mass is 9.96. The lowest BCUT2D eigenvalue weighted by Crippen LogP contribution is -2.15. The fraction of sp³-hybridized carbons (Fsp3) is 0.121. The number of carbonyl (C=O) groups excluding carboxylic acids is 1. The minimum atomic E-state index is -0.377. The van der Waals surface area contributed by atoms with Gasteiger partial charge in [-0.15, -0.1) is 0 Å². The van der Waals surface area contributed by atoms with Crippen molar-refractivity contribution in [1.82, 2.24) is 0 Å². The third-order valence-electron chi connectivity index (χ3n) is 5.84. The maximum absolute atomic E-state index is 12.8. The molecule has 1 atom stereocenters. The van der Waals surface area contributed by atoms with Crippen LogP contribution >= 0.6 is 0 Å². The Morgan fingerprint density at radius 2 is 1.23 bits per heavy atom. The Hall–Kier alpha value is -4.17. The Morgan fingerprint density at radius 3 is 1.86 bits per heavy atom. The van der Waals surface area contributed by atoms with Gasteiger partial charge in [0.1, 0.15) is 6.10 Å². The summed E-state index contributed by atoms with van der Waals surface area (Å²) in [6.07, 6.45) is 8.30. The highest BCUT2D eigenvalue weighted by Crippen LogP contribution is 2.23. The Balaban J connectivity index is 1.55. The number of benzene rings is 4. The summed E-state index contributed by atoms with van der Waals surface area (Å²) in [6, 6.07) is 40.2. The number of hydrogen-bond acceptors (Lipinski definition) is 2. The van der Waals surface area contributed by atoms with Crippen LogP contribution in [0.1, 0.15) is 39.9 Å². The smallest absolute Gasteiger partial charge is 0.338 e. The van der Waals surface area contributed by atoms with Gasteiger partial charge in [0.25, 0.3) is 0 Å². The van der Waals surface area contributed by atoms with Crippen LogP contribution in [-0.2, 0) is 11.2 Å². The molecule has 0 saturated carbocycles. The van der Waals surface area contributed by atoms with Crippen molar-refractivity contribution in [3.63, 3.8) is 0 Å². The zero-order chi connectivity index (χ0) is 24.1. The van der Waals surface area contributed by atoms with Gasteiger partial charge in [-0.3, -0.25) is 0 Å². The van der Waals surface area contributed by atoms with Gasteiger partial charge in [0.2, 0.25) is 0 Å². The zero-order valence-corrected chi connectivity index (χ0v) is 19.8. The first-order valence-corrected chi connectivity index (χ1v) is 12.1. The van der Waals surface area contributed by atoms with Crippen molar-refractivity contribution < 1.29 is 9.53 Å². The second-order valence-electron chi connectivity index (χ2n) is 8.40. The normalized spacial score (nSPS) is 12.4. The molecule has 0 spiro atoms. The highest BCUT2D eigenvalue weighted by Gasteiger charge is 2.13. The molecule has 0 unspecified atom stereocenters. The number of aryl methyl sites for hydroxylation is 1. The first kappa shape index (κ1) is 24.0. The minimum Gasteiger partial charge on any atom is -0.454 e. The number of allylic oxidation sites excluding steroid dienone is 1. The molecule has 2 nitrogen and oxygen atoms in total. The summed E-state index contributed by atoms with van der Waals surface area (Å²) in [7, 11) is 0. The summed E-state index contributed by atoms with van der Waals surface area (Å²) in [5.74, 6) is -0.313. The average molecular weight is 459 g/mol. The molecule has 0 heterocycles. The monoisotopic (exact) mass is 458 g/mol. The van der Waals surface area contributed by atoms with Crippen LogP contribution in [0.15, 0.2) is 133 Å². The van der Waals surface area contributed by atoms with E-state index in [2.05, 4.69) is 54.6 Å². The standard InChI is InChI=1S/C33H30O2/c34-33(31-19-11-4-12-20-31)35-32(25-22-28-15-7-2-8-16-28)26-24-30(29-17-9-3-10-18-29)23-21-27-13-5-1-6-14-27/h1-20,22,24-25,32H,21,23,26H2/b25-22+,30-24-/t32-/m0/s1. The van der Waals surface area contributed by atoms with Crippen molar-refractivity contribution in [3.05, 3.63) is 156 Å². The zero-order valence-electron chi connectivity index (χ0n) is 19.8. The van der Waals surface area contributed by atoms with E-state index in [1.165, 1.54) is 16.7 Å². The summed E-state index contributed by atoms with van der Waals surface area (Å²) < 4.78 is 5.94. The predicted octanol–water partition coefficient (Wildman–Crippen LogP) is 8.03. The molecule has 174 valence electrons. The van der Waals surface area contributed by atoms with Gasteiger partial charge in [-0.25, -0.2) is 4.79 Å². The topological polar surface area (TPSA) is 26.3 Å². The molecule has 0 aromatic heterocycles. The molecule has 0 bridgehead atoms. The van der Waals surface area contributed by atoms with Crippen LogP contribution < -0.4 is 0 Å². The Labute approximate surface area is 208 Å². The summed E-state index contributed by atoms with van der Waals surface area (Å²) in [6.45, 7) is 0. The first-order chi connectivity index (χ1) is 17.3. The van der Waals surface area contributed by atoms with Gasteiger partial charge in [0.15, 0.2) is 0 Å². The van der Waals surface area contributed by atoms with Gasteiger partial charge in [0, 0.05) is 6.42 Å². The largest absolute Gasteiger partial charge is 0.454 e. The highest BCUT2D eigenvalue weighted by molar-refractivity contribution is 5.89. The van der Waals surface area contributed by atoms with E-state index < -0.39 is 0 Å². The van der Waals surface area contributed by atoms with E-state index >= 15 is 0 Å². The molecule has 4 rings (SSSR count). The molecule has 0 radical (unpaired) electrons. The summed E-state index contributed by atoms with van der Waals surface area (Å²) in [5.41, 5.74) is 5.39. The molecule has 0 saturated heterocycles. The van der Waals surface area contributed by atoms with Gasteiger partial charge in [-0.2, -0.15) is 0 Å². The Bertz CT molecular complexity index is 1230. The molecule has 35 heavy (non-hydrogen) atoms. The summed E-state index contributed by atoms with van der Waals surface area (Å²) >= 11 is 0. The maximum atomic E-state index is 12.8. The summed E-state index contributed by atoms with van der Waals surface area (Å²) in [5, 5.41) is 0. The van der Waals surface area contributed by atoms with Crippen LogP contribution in [0, 0.1) is 0 Å². The molecule has 4 aromatic rings. The first-order valence-electron chi connectivity index (χ1n) is 12.1. The third kappa shape index (κ3) is 7.68. The van der Waals surface area contributed by atoms with Crippen molar-refractivity contribution in [2.45, 2.75) is 25.4 Å². The summed E-state index contributed by atoms with van der Waals surface area (Å²) in [4.78, 5) is 12.8. The number of ether oxygens (including phenoxy) is 1. The Kier molecular flexibility index (Phi) is 8.84. The van der Waals surface area contributed by atoms with Gasteiger partial charge in [0.05, 0.1) is 5.56 Å². The minimum absolute atomic E-state index is 0.313. The van der Waals surface area contributed by atoms with E-state index in [1.807, 2.05) is 72.8 Å². The van der Waals surface area contributed by atoms with Crippen LogP contribution in [0.5, 0.6) is 0 Å². The van der Waals surface area contributed by atoms with Gasteiger partial charge >= 0.3 is 5.97 Å². The van der Waals surface area contributed by atoms with E-state index in [0.717, 1.165) is 18.4 Å². The molecule has 0 aliphatic rings. The number of rotatable bonds is 10. The van der Waals surface area contributed by atoms with Crippen LogP contribution in [0.4, 0.5) is 0 Å². The highest BCUT2D eigenvalue weighted by atomic mass is 16.5.